The van der Waals surface area contributed by atoms with Gasteiger partial charge in [-0.2, -0.15) is 5.10 Å². The monoisotopic (exact) mass is 411 g/mol. The highest BCUT2D eigenvalue weighted by Crippen LogP contribution is 2.24. The maximum Gasteiger partial charge on any atom is 0.342 e. The van der Waals surface area contributed by atoms with Gasteiger partial charge in [0.05, 0.1) is 5.69 Å². The number of methoxy groups -OCH3 is 1. The van der Waals surface area contributed by atoms with Crippen LogP contribution in [0.25, 0.3) is 16.9 Å². The Kier molecular flexibility index (Phi) is 7.29. The van der Waals surface area contributed by atoms with Crippen molar-refractivity contribution in [2.45, 2.75) is 6.42 Å². The van der Waals surface area contributed by atoms with Crippen molar-refractivity contribution in [1.82, 2.24) is 15.1 Å². The van der Waals surface area contributed by atoms with Gasteiger partial charge < -0.3 is 14.8 Å². The Labute approximate surface area is 173 Å². The van der Waals surface area contributed by atoms with Crippen LogP contribution in [0.3, 0.4) is 0 Å². The third-order valence-electron chi connectivity index (χ3n) is 4.25. The Bertz CT molecular complexity index is 987. The zero-order chi connectivity index (χ0) is 21.3. The van der Waals surface area contributed by atoms with Crippen LogP contribution in [-0.2, 0) is 14.3 Å². The van der Waals surface area contributed by atoms with E-state index >= 15 is 0 Å². The minimum absolute atomic E-state index is 0.178. The fourth-order valence-corrected chi connectivity index (χ4v) is 2.76. The van der Waals surface area contributed by atoms with E-state index in [-0.39, 0.29) is 5.56 Å². The lowest BCUT2D eigenvalue weighted by Crippen LogP contribution is -2.30. The lowest BCUT2D eigenvalue weighted by atomic mass is 10.1. The summed E-state index contributed by atoms with van der Waals surface area (Å²) in [5, 5.41) is 7.13. The number of esters is 1. The predicted molar refractivity (Wildman–Crippen MR) is 109 cm³/mol. The number of para-hydroxylation sites is 1. The summed E-state index contributed by atoms with van der Waals surface area (Å²) in [6.07, 6.45) is 2.20. The summed E-state index contributed by atoms with van der Waals surface area (Å²) in [5.41, 5.74) is 1.82. The summed E-state index contributed by atoms with van der Waals surface area (Å²) in [6.45, 7) is 0.544. The number of amides is 1. The summed E-state index contributed by atoms with van der Waals surface area (Å²) in [5.74, 6) is -1.49. The average Bonchev–Trinajstić information content (AvgIpc) is 3.22. The Balaban J connectivity index is 1.78. The van der Waals surface area contributed by atoms with Gasteiger partial charge in [0.1, 0.15) is 17.1 Å². The van der Waals surface area contributed by atoms with E-state index in [2.05, 4.69) is 10.4 Å². The topological polar surface area (TPSA) is 82.5 Å². The van der Waals surface area contributed by atoms with E-state index in [1.807, 2.05) is 30.3 Å². The first kappa shape index (κ1) is 21.2. The molecule has 0 aliphatic rings. The van der Waals surface area contributed by atoms with Crippen LogP contribution in [0.2, 0.25) is 0 Å². The minimum Gasteiger partial charge on any atom is -0.452 e. The molecule has 30 heavy (non-hydrogen) atoms. The fraction of sp³-hybridized carbons (Fsp3) is 0.227. The molecule has 7 nitrogen and oxygen atoms in total. The fourth-order valence-electron chi connectivity index (χ4n) is 2.76. The molecule has 0 fully saturated rings. The lowest BCUT2D eigenvalue weighted by molar-refractivity contribution is -0.124. The van der Waals surface area contributed by atoms with Crippen molar-refractivity contribution in [1.29, 1.82) is 0 Å². The van der Waals surface area contributed by atoms with E-state index in [4.69, 9.17) is 9.47 Å². The number of hydrogen-bond donors (Lipinski definition) is 1. The highest BCUT2D eigenvalue weighted by atomic mass is 19.1. The van der Waals surface area contributed by atoms with Crippen molar-refractivity contribution >= 4 is 11.9 Å². The number of carbonyl (C=O) groups excluding carboxylic acids is 2. The normalized spacial score (nSPS) is 10.6. The van der Waals surface area contributed by atoms with Crippen LogP contribution in [-0.4, -0.2) is 48.5 Å². The van der Waals surface area contributed by atoms with E-state index in [0.29, 0.717) is 30.8 Å². The standard InChI is InChI=1S/C22H22FN3O4/c1-29-13-5-12-24-20(27)15-30-22(28)19-14-26(18-6-3-2-4-7-18)25-21(19)16-8-10-17(23)11-9-16/h2-4,6-11,14H,5,12-13,15H2,1H3,(H,24,27). The van der Waals surface area contributed by atoms with Gasteiger partial charge in [0, 0.05) is 32.0 Å². The molecule has 0 unspecified atom stereocenters. The molecule has 0 spiro atoms. The molecule has 3 aromatic rings. The zero-order valence-electron chi connectivity index (χ0n) is 16.5. The molecule has 0 bridgehead atoms. The van der Waals surface area contributed by atoms with Gasteiger partial charge in [-0.25, -0.2) is 13.9 Å². The highest BCUT2D eigenvalue weighted by Gasteiger charge is 2.21. The van der Waals surface area contributed by atoms with Gasteiger partial charge >= 0.3 is 5.97 Å². The Morgan fingerprint density at radius 2 is 1.83 bits per heavy atom. The number of rotatable bonds is 9. The van der Waals surface area contributed by atoms with Crippen LogP contribution in [0.4, 0.5) is 4.39 Å². The molecule has 8 heteroatoms. The summed E-state index contributed by atoms with van der Waals surface area (Å²) in [7, 11) is 1.58. The molecule has 0 atom stereocenters. The second-order valence-corrected chi connectivity index (χ2v) is 6.45. The van der Waals surface area contributed by atoms with Crippen LogP contribution >= 0.6 is 0 Å². The maximum atomic E-state index is 13.3. The molecule has 2 aromatic carbocycles. The molecule has 1 aromatic heterocycles. The molecule has 0 radical (unpaired) electrons. The van der Waals surface area contributed by atoms with Gasteiger partial charge in [0.15, 0.2) is 6.61 Å². The summed E-state index contributed by atoms with van der Waals surface area (Å²) in [6, 6.07) is 14.9. The second-order valence-electron chi connectivity index (χ2n) is 6.45. The van der Waals surface area contributed by atoms with Crippen molar-refractivity contribution in [2.75, 3.05) is 26.9 Å². The molecule has 1 amide bonds. The second kappa shape index (κ2) is 10.3. The summed E-state index contributed by atoms with van der Waals surface area (Å²) >= 11 is 0. The van der Waals surface area contributed by atoms with Crippen LogP contribution < -0.4 is 5.32 Å². The van der Waals surface area contributed by atoms with Crippen molar-refractivity contribution in [3.05, 3.63) is 72.2 Å². The van der Waals surface area contributed by atoms with E-state index in [0.717, 1.165) is 5.69 Å². The van der Waals surface area contributed by atoms with Crippen LogP contribution in [0.1, 0.15) is 16.8 Å². The molecule has 1 heterocycles. The number of halogens is 1. The van der Waals surface area contributed by atoms with Crippen LogP contribution in [0, 0.1) is 5.82 Å². The summed E-state index contributed by atoms with van der Waals surface area (Å²) in [4.78, 5) is 24.6. The van der Waals surface area contributed by atoms with E-state index in [1.165, 1.54) is 30.5 Å². The van der Waals surface area contributed by atoms with Gasteiger partial charge in [-0.3, -0.25) is 4.79 Å². The van der Waals surface area contributed by atoms with Gasteiger partial charge in [0.25, 0.3) is 5.91 Å². The smallest absolute Gasteiger partial charge is 0.342 e. The molecule has 0 saturated carbocycles. The molecule has 3 rings (SSSR count). The Hall–Kier alpha value is -3.52. The lowest BCUT2D eigenvalue weighted by Gasteiger charge is -2.06. The van der Waals surface area contributed by atoms with Crippen LogP contribution in [0.15, 0.2) is 60.8 Å². The first-order valence-corrected chi connectivity index (χ1v) is 9.42. The predicted octanol–water partition coefficient (Wildman–Crippen LogP) is 2.99. The molecular weight excluding hydrogens is 389 g/mol. The number of carbonyl (C=O) groups is 2. The zero-order valence-corrected chi connectivity index (χ0v) is 16.5. The SMILES string of the molecule is COCCCNC(=O)COC(=O)c1cn(-c2ccccc2)nc1-c1ccc(F)cc1. The molecule has 0 aliphatic carbocycles. The van der Waals surface area contributed by atoms with Crippen molar-refractivity contribution < 1.29 is 23.5 Å². The largest absolute Gasteiger partial charge is 0.452 e. The van der Waals surface area contributed by atoms with E-state index in [9.17, 15) is 14.0 Å². The number of nitrogens with zero attached hydrogens (tertiary/aromatic N) is 2. The number of ether oxygens (including phenoxy) is 2. The quantitative estimate of drug-likeness (QED) is 0.432. The Morgan fingerprint density at radius 1 is 1.10 bits per heavy atom. The van der Waals surface area contributed by atoms with Gasteiger partial charge in [-0.05, 0) is 42.8 Å². The number of aromatic nitrogens is 2. The van der Waals surface area contributed by atoms with E-state index in [1.54, 1.807) is 11.8 Å². The third kappa shape index (κ3) is 5.51. The molecule has 0 aliphatic heterocycles. The molecule has 0 saturated heterocycles. The molecular formula is C22H22FN3O4. The number of hydrogen-bond acceptors (Lipinski definition) is 5. The van der Waals surface area contributed by atoms with Crippen LogP contribution in [0.5, 0.6) is 0 Å². The first-order valence-electron chi connectivity index (χ1n) is 9.42. The minimum atomic E-state index is -0.691. The van der Waals surface area contributed by atoms with Crippen molar-refractivity contribution in [3.8, 4) is 16.9 Å². The summed E-state index contributed by atoms with van der Waals surface area (Å²) < 4.78 is 24.9. The molecule has 156 valence electrons. The van der Waals surface area contributed by atoms with Gasteiger partial charge in [-0.1, -0.05) is 18.2 Å². The van der Waals surface area contributed by atoms with Crippen molar-refractivity contribution in [2.24, 2.45) is 0 Å². The van der Waals surface area contributed by atoms with Gasteiger partial charge in [-0.15, -0.1) is 0 Å². The van der Waals surface area contributed by atoms with Crippen molar-refractivity contribution in [3.63, 3.8) is 0 Å². The maximum absolute atomic E-state index is 13.3. The number of nitrogens with one attached hydrogen (secondary N) is 1. The molecule has 1 N–H and O–H groups in total. The Morgan fingerprint density at radius 3 is 2.53 bits per heavy atom. The third-order valence-corrected chi connectivity index (χ3v) is 4.25. The highest BCUT2D eigenvalue weighted by molar-refractivity contribution is 5.97. The first-order chi connectivity index (χ1) is 14.6. The van der Waals surface area contributed by atoms with E-state index < -0.39 is 24.3 Å². The average molecular weight is 411 g/mol. The van der Waals surface area contributed by atoms with Gasteiger partial charge in [0.2, 0.25) is 0 Å². The number of benzene rings is 2.